The molecule has 0 fully saturated rings. The number of aryl methyl sites for hydroxylation is 3. The highest BCUT2D eigenvalue weighted by atomic mass is 16.2. The lowest BCUT2D eigenvalue weighted by Crippen LogP contribution is -2.35. The van der Waals surface area contributed by atoms with Crippen molar-refractivity contribution in [3.63, 3.8) is 0 Å². The summed E-state index contributed by atoms with van der Waals surface area (Å²) in [6.07, 6.45) is 1.69. The van der Waals surface area contributed by atoms with E-state index in [-0.39, 0.29) is 24.1 Å². The molecule has 0 aliphatic rings. The topological polar surface area (TPSA) is 76.9 Å². The highest BCUT2D eigenvalue weighted by molar-refractivity contribution is 5.76. The van der Waals surface area contributed by atoms with Crippen LogP contribution in [-0.2, 0) is 11.3 Å². The van der Waals surface area contributed by atoms with Crippen molar-refractivity contribution in [2.24, 2.45) is 0 Å². The summed E-state index contributed by atoms with van der Waals surface area (Å²) in [5, 5.41) is 6.98. The van der Waals surface area contributed by atoms with Crippen LogP contribution in [0.3, 0.4) is 0 Å². The van der Waals surface area contributed by atoms with Gasteiger partial charge in [-0.2, -0.15) is 5.10 Å². The summed E-state index contributed by atoms with van der Waals surface area (Å²) < 4.78 is 1.18. The summed E-state index contributed by atoms with van der Waals surface area (Å²) in [6.45, 7) is 7.34. The Kier molecular flexibility index (Phi) is 4.70. The van der Waals surface area contributed by atoms with Gasteiger partial charge in [0.15, 0.2) is 0 Å². The Morgan fingerprint density at radius 3 is 2.73 bits per heavy atom. The molecule has 116 valence electrons. The fourth-order valence-electron chi connectivity index (χ4n) is 2.23. The number of carbonyl (C=O) groups excluding carboxylic acids is 1. The summed E-state index contributed by atoms with van der Waals surface area (Å²) >= 11 is 0. The molecule has 0 saturated carbocycles. The average molecular weight is 300 g/mol. The third kappa shape index (κ3) is 3.58. The molecule has 1 amide bonds. The van der Waals surface area contributed by atoms with Gasteiger partial charge in [-0.25, -0.2) is 4.68 Å². The minimum atomic E-state index is -0.278. The van der Waals surface area contributed by atoms with Gasteiger partial charge in [-0.15, -0.1) is 0 Å². The lowest BCUT2D eigenvalue weighted by molar-refractivity contribution is -0.122. The van der Waals surface area contributed by atoms with E-state index in [2.05, 4.69) is 15.4 Å². The van der Waals surface area contributed by atoms with Crippen molar-refractivity contribution in [1.29, 1.82) is 0 Å². The summed E-state index contributed by atoms with van der Waals surface area (Å²) in [5.41, 5.74) is 3.10. The average Bonchev–Trinajstić information content (AvgIpc) is 2.45. The molecule has 0 radical (unpaired) electrons. The largest absolute Gasteiger partial charge is 0.346 e. The first-order valence-electron chi connectivity index (χ1n) is 7.14. The molecule has 22 heavy (non-hydrogen) atoms. The number of amides is 1. The predicted octanol–water partition coefficient (Wildman–Crippen LogP) is 1.44. The van der Waals surface area contributed by atoms with Crippen molar-refractivity contribution in [3.8, 4) is 0 Å². The Labute approximate surface area is 129 Å². The molecule has 2 aromatic heterocycles. The van der Waals surface area contributed by atoms with Crippen LogP contribution >= 0.6 is 0 Å². The molecule has 0 spiro atoms. The van der Waals surface area contributed by atoms with Gasteiger partial charge in [-0.3, -0.25) is 14.6 Å². The van der Waals surface area contributed by atoms with E-state index >= 15 is 0 Å². The molecule has 0 saturated heterocycles. The van der Waals surface area contributed by atoms with Gasteiger partial charge in [0.05, 0.1) is 17.4 Å². The number of pyridine rings is 1. The maximum atomic E-state index is 12.1. The zero-order valence-electron chi connectivity index (χ0n) is 13.3. The Hall–Kier alpha value is -2.50. The maximum absolute atomic E-state index is 12.1. The molecular formula is C16H20N4O2. The van der Waals surface area contributed by atoms with Gasteiger partial charge in [0, 0.05) is 12.3 Å². The van der Waals surface area contributed by atoms with Gasteiger partial charge in [0.25, 0.3) is 5.56 Å². The smallest absolute Gasteiger partial charge is 0.267 e. The van der Waals surface area contributed by atoms with Crippen molar-refractivity contribution in [2.45, 2.75) is 40.3 Å². The normalized spacial score (nSPS) is 12.0. The number of nitrogens with zero attached hydrogens (tertiary/aromatic N) is 3. The van der Waals surface area contributed by atoms with Crippen molar-refractivity contribution < 1.29 is 4.79 Å². The fourth-order valence-corrected chi connectivity index (χ4v) is 2.23. The van der Waals surface area contributed by atoms with Gasteiger partial charge in [-0.05, 0) is 44.9 Å². The van der Waals surface area contributed by atoms with Crippen LogP contribution < -0.4 is 10.9 Å². The molecule has 0 aliphatic heterocycles. The second-order valence-electron chi connectivity index (χ2n) is 5.40. The van der Waals surface area contributed by atoms with Crippen LogP contribution in [0, 0.1) is 20.8 Å². The molecular weight excluding hydrogens is 280 g/mol. The molecule has 0 bridgehead atoms. The van der Waals surface area contributed by atoms with E-state index < -0.39 is 0 Å². The van der Waals surface area contributed by atoms with Crippen LogP contribution in [0.25, 0.3) is 0 Å². The molecule has 6 heteroatoms. The molecule has 0 aliphatic carbocycles. The Balaban J connectivity index is 2.09. The highest BCUT2D eigenvalue weighted by Gasteiger charge is 2.14. The summed E-state index contributed by atoms with van der Waals surface area (Å²) in [6, 6.07) is 5.06. The Morgan fingerprint density at radius 2 is 2.05 bits per heavy atom. The minimum Gasteiger partial charge on any atom is -0.346 e. The van der Waals surface area contributed by atoms with Gasteiger partial charge in [-0.1, -0.05) is 6.07 Å². The molecule has 1 N–H and O–H groups in total. The number of hydrogen-bond donors (Lipinski definition) is 1. The fraction of sp³-hybridized carbons (Fsp3) is 0.375. The zero-order chi connectivity index (χ0) is 16.3. The minimum absolute atomic E-state index is 0.101. The van der Waals surface area contributed by atoms with E-state index in [1.807, 2.05) is 39.8 Å². The Morgan fingerprint density at radius 1 is 1.32 bits per heavy atom. The Bertz CT molecular complexity index is 752. The second kappa shape index (κ2) is 6.51. The van der Waals surface area contributed by atoms with E-state index in [0.29, 0.717) is 0 Å². The number of hydrogen-bond acceptors (Lipinski definition) is 4. The van der Waals surface area contributed by atoms with Crippen molar-refractivity contribution >= 4 is 5.91 Å². The lowest BCUT2D eigenvalue weighted by Gasteiger charge is -2.15. The van der Waals surface area contributed by atoms with Gasteiger partial charge in [0.1, 0.15) is 6.54 Å². The molecule has 0 aromatic carbocycles. The lowest BCUT2D eigenvalue weighted by atomic mass is 10.1. The van der Waals surface area contributed by atoms with Crippen molar-refractivity contribution in [3.05, 3.63) is 57.3 Å². The van der Waals surface area contributed by atoms with E-state index in [4.69, 9.17) is 0 Å². The SMILES string of the molecule is Cc1cc(=O)n(CC(=O)N[C@H](C)c2ncccc2C)nc1C. The second-order valence-corrected chi connectivity index (χ2v) is 5.40. The first kappa shape index (κ1) is 15.9. The van der Waals surface area contributed by atoms with Crippen LogP contribution in [0.5, 0.6) is 0 Å². The van der Waals surface area contributed by atoms with Crippen LogP contribution in [0.2, 0.25) is 0 Å². The number of rotatable bonds is 4. The maximum Gasteiger partial charge on any atom is 0.267 e. The third-order valence-electron chi connectivity index (χ3n) is 3.57. The van der Waals surface area contributed by atoms with Crippen LogP contribution in [0.4, 0.5) is 0 Å². The van der Waals surface area contributed by atoms with E-state index in [9.17, 15) is 9.59 Å². The van der Waals surface area contributed by atoms with E-state index in [1.165, 1.54) is 10.7 Å². The van der Waals surface area contributed by atoms with Gasteiger partial charge >= 0.3 is 0 Å². The van der Waals surface area contributed by atoms with Gasteiger partial charge < -0.3 is 5.32 Å². The third-order valence-corrected chi connectivity index (χ3v) is 3.57. The van der Waals surface area contributed by atoms with Gasteiger partial charge in [0.2, 0.25) is 5.91 Å². The number of nitrogens with one attached hydrogen (secondary N) is 1. The quantitative estimate of drug-likeness (QED) is 0.927. The van der Waals surface area contributed by atoms with E-state index in [0.717, 1.165) is 22.5 Å². The number of carbonyl (C=O) groups is 1. The van der Waals surface area contributed by atoms with Crippen molar-refractivity contribution in [1.82, 2.24) is 20.1 Å². The molecule has 0 unspecified atom stereocenters. The standard InChI is InChI=1S/C16H20N4O2/c1-10-6-5-7-17-16(10)13(4)18-14(21)9-20-15(22)8-11(2)12(3)19-20/h5-8,13H,9H2,1-4H3,(H,18,21)/t13-/m1/s1. The predicted molar refractivity (Wildman–Crippen MR) is 83.5 cm³/mol. The first-order valence-corrected chi connectivity index (χ1v) is 7.14. The molecule has 2 rings (SSSR count). The van der Waals surface area contributed by atoms with Crippen LogP contribution in [0.1, 0.15) is 35.5 Å². The van der Waals surface area contributed by atoms with E-state index in [1.54, 1.807) is 6.20 Å². The molecule has 2 heterocycles. The highest BCUT2D eigenvalue weighted by Crippen LogP contribution is 2.13. The monoisotopic (exact) mass is 300 g/mol. The molecule has 2 aromatic rings. The van der Waals surface area contributed by atoms with Crippen LogP contribution in [-0.4, -0.2) is 20.7 Å². The van der Waals surface area contributed by atoms with Crippen LogP contribution in [0.15, 0.2) is 29.2 Å². The molecule has 1 atom stereocenters. The van der Waals surface area contributed by atoms with Crippen molar-refractivity contribution in [2.75, 3.05) is 0 Å². The zero-order valence-corrected chi connectivity index (χ0v) is 13.3. The first-order chi connectivity index (χ1) is 10.4. The number of aromatic nitrogens is 3. The summed E-state index contributed by atoms with van der Waals surface area (Å²) in [7, 11) is 0. The molecule has 6 nitrogen and oxygen atoms in total. The summed E-state index contributed by atoms with van der Waals surface area (Å²) in [5.74, 6) is -0.268. The summed E-state index contributed by atoms with van der Waals surface area (Å²) in [4.78, 5) is 28.2.